The van der Waals surface area contributed by atoms with Gasteiger partial charge in [-0.1, -0.05) is 36.4 Å². The van der Waals surface area contributed by atoms with Gasteiger partial charge in [-0.3, -0.25) is 4.55 Å². The minimum atomic E-state index is -4.05. The second-order valence-corrected chi connectivity index (χ2v) is 6.21. The zero-order chi connectivity index (χ0) is 10.9. The van der Waals surface area contributed by atoms with Crippen molar-refractivity contribution in [1.29, 1.82) is 0 Å². The minimum Gasteiger partial charge on any atom is -0.277 e. The van der Waals surface area contributed by atoms with Crippen LogP contribution in [0.1, 0.15) is 0 Å². The van der Waals surface area contributed by atoms with Crippen LogP contribution in [-0.4, -0.2) is 13.0 Å². The molecular weight excluding hydrogens is 232 g/mol. The van der Waals surface area contributed by atoms with E-state index in [1.165, 1.54) is 0 Å². The third-order valence-corrected chi connectivity index (χ3v) is 3.86. The van der Waals surface area contributed by atoms with Crippen molar-refractivity contribution in [3.63, 3.8) is 0 Å². The first-order valence-electron chi connectivity index (χ1n) is 4.21. The maximum absolute atomic E-state index is 10.8. The predicted molar refractivity (Wildman–Crippen MR) is 61.4 cm³/mol. The molecule has 0 saturated carbocycles. The standard InChI is InChI=1S/C10H8O3S2/c11-15(12,13)14-10-7-3-5-8-4-1-2-6-9(8)10/h1-7H,(H,11,12,13). The molecule has 15 heavy (non-hydrogen) atoms. The normalized spacial score (nSPS) is 11.8. The van der Waals surface area contributed by atoms with Crippen LogP contribution in [0.5, 0.6) is 0 Å². The van der Waals surface area contributed by atoms with Gasteiger partial charge in [0.2, 0.25) is 0 Å². The highest BCUT2D eigenvalue weighted by Gasteiger charge is 2.10. The fraction of sp³-hybridized carbons (Fsp3) is 0. The fourth-order valence-electron chi connectivity index (χ4n) is 1.38. The van der Waals surface area contributed by atoms with Gasteiger partial charge in [0.25, 0.3) is 0 Å². The summed E-state index contributed by atoms with van der Waals surface area (Å²) in [5.74, 6) is 0. The van der Waals surface area contributed by atoms with Crippen LogP contribution in [0, 0.1) is 0 Å². The Labute approximate surface area is 91.3 Å². The summed E-state index contributed by atoms with van der Waals surface area (Å²) in [6, 6.07) is 12.7. The van der Waals surface area contributed by atoms with Gasteiger partial charge >= 0.3 is 9.15 Å². The van der Waals surface area contributed by atoms with Crippen LogP contribution in [0.15, 0.2) is 47.4 Å². The summed E-state index contributed by atoms with van der Waals surface area (Å²) in [5, 5.41) is 1.77. The van der Waals surface area contributed by atoms with Crippen molar-refractivity contribution in [2.75, 3.05) is 0 Å². The molecule has 0 aromatic heterocycles. The molecule has 0 amide bonds. The van der Waals surface area contributed by atoms with Crippen LogP contribution in [0.3, 0.4) is 0 Å². The lowest BCUT2D eigenvalue weighted by molar-refractivity contribution is 0.503. The van der Waals surface area contributed by atoms with E-state index in [1.807, 2.05) is 30.3 Å². The smallest absolute Gasteiger partial charge is 0.277 e. The van der Waals surface area contributed by atoms with E-state index < -0.39 is 9.15 Å². The Bertz CT molecular complexity index is 585. The highest BCUT2D eigenvalue weighted by atomic mass is 33.1. The van der Waals surface area contributed by atoms with E-state index in [0.717, 1.165) is 10.8 Å². The SMILES string of the molecule is O=S(=O)(O)Sc1cccc2ccccc12. The van der Waals surface area contributed by atoms with Gasteiger partial charge in [0, 0.05) is 15.7 Å². The molecule has 78 valence electrons. The average Bonchev–Trinajstić information content (AvgIpc) is 2.16. The second-order valence-electron chi connectivity index (χ2n) is 2.99. The number of benzene rings is 2. The summed E-state index contributed by atoms with van der Waals surface area (Å²) in [4.78, 5) is 0.538. The Morgan fingerprint density at radius 3 is 2.40 bits per heavy atom. The Morgan fingerprint density at radius 2 is 1.67 bits per heavy atom. The van der Waals surface area contributed by atoms with Crippen molar-refractivity contribution in [1.82, 2.24) is 0 Å². The van der Waals surface area contributed by atoms with E-state index in [-0.39, 0.29) is 0 Å². The first kappa shape index (κ1) is 10.5. The molecule has 0 radical (unpaired) electrons. The van der Waals surface area contributed by atoms with Gasteiger partial charge in [0.05, 0.1) is 0 Å². The lowest BCUT2D eigenvalue weighted by Crippen LogP contribution is -1.89. The number of fused-ring (bicyclic) bond motifs is 1. The molecule has 1 N–H and O–H groups in total. The van der Waals surface area contributed by atoms with E-state index in [4.69, 9.17) is 4.55 Å². The number of hydrogen-bond donors (Lipinski definition) is 1. The molecule has 2 aromatic carbocycles. The summed E-state index contributed by atoms with van der Waals surface area (Å²) in [6.45, 7) is 0. The quantitative estimate of drug-likeness (QED) is 0.647. The Morgan fingerprint density at radius 1 is 1.00 bits per heavy atom. The van der Waals surface area contributed by atoms with E-state index in [0.29, 0.717) is 15.7 Å². The second kappa shape index (κ2) is 3.84. The van der Waals surface area contributed by atoms with Gasteiger partial charge in [0.15, 0.2) is 0 Å². The van der Waals surface area contributed by atoms with Crippen molar-refractivity contribution in [3.8, 4) is 0 Å². The maximum Gasteiger partial charge on any atom is 0.324 e. The van der Waals surface area contributed by atoms with Crippen LogP contribution >= 0.6 is 10.8 Å². The third-order valence-electron chi connectivity index (χ3n) is 1.94. The molecule has 0 heterocycles. The summed E-state index contributed by atoms with van der Waals surface area (Å²) in [6.07, 6.45) is 0. The summed E-state index contributed by atoms with van der Waals surface area (Å²) in [7, 11) is -3.59. The molecule has 2 aromatic rings. The van der Waals surface area contributed by atoms with Gasteiger partial charge in [-0.05, 0) is 16.8 Å². The first-order chi connectivity index (χ1) is 7.06. The molecule has 0 aliphatic carbocycles. The Balaban J connectivity index is 2.61. The lowest BCUT2D eigenvalue weighted by Gasteiger charge is -2.02. The predicted octanol–water partition coefficient (Wildman–Crippen LogP) is 2.73. The molecule has 0 bridgehead atoms. The van der Waals surface area contributed by atoms with Crippen LogP contribution in [0.2, 0.25) is 0 Å². The highest BCUT2D eigenvalue weighted by Crippen LogP contribution is 2.30. The van der Waals surface area contributed by atoms with Crippen molar-refractivity contribution in [3.05, 3.63) is 42.5 Å². The molecule has 0 saturated heterocycles. The van der Waals surface area contributed by atoms with Crippen molar-refractivity contribution in [2.45, 2.75) is 4.90 Å². The van der Waals surface area contributed by atoms with Crippen LogP contribution in [0.4, 0.5) is 0 Å². The van der Waals surface area contributed by atoms with Gasteiger partial charge in [-0.15, -0.1) is 0 Å². The van der Waals surface area contributed by atoms with Gasteiger partial charge < -0.3 is 0 Å². The van der Waals surface area contributed by atoms with E-state index in [9.17, 15) is 8.42 Å². The molecule has 0 atom stereocenters. The van der Waals surface area contributed by atoms with Gasteiger partial charge in [-0.2, -0.15) is 8.42 Å². The summed E-state index contributed by atoms with van der Waals surface area (Å²) < 4.78 is 30.3. The molecular formula is C10H8O3S2. The summed E-state index contributed by atoms with van der Waals surface area (Å²) in [5.41, 5.74) is 0. The zero-order valence-electron chi connectivity index (χ0n) is 7.62. The molecule has 0 aliphatic heterocycles. The van der Waals surface area contributed by atoms with Crippen molar-refractivity contribution >= 4 is 30.7 Å². The van der Waals surface area contributed by atoms with Crippen molar-refractivity contribution in [2.24, 2.45) is 0 Å². The van der Waals surface area contributed by atoms with E-state index in [2.05, 4.69) is 0 Å². The fourth-order valence-corrected chi connectivity index (χ4v) is 3.14. The summed E-state index contributed by atoms with van der Waals surface area (Å²) >= 11 is 0. The Kier molecular flexibility index (Phi) is 2.68. The largest absolute Gasteiger partial charge is 0.324 e. The van der Waals surface area contributed by atoms with Crippen LogP contribution in [-0.2, 0) is 9.15 Å². The average molecular weight is 240 g/mol. The van der Waals surface area contributed by atoms with Gasteiger partial charge in [0.1, 0.15) is 0 Å². The van der Waals surface area contributed by atoms with Crippen molar-refractivity contribution < 1.29 is 13.0 Å². The highest BCUT2D eigenvalue weighted by molar-refractivity contribution is 8.70. The third kappa shape index (κ3) is 2.50. The Hall–Kier alpha value is -1.04. The van der Waals surface area contributed by atoms with E-state index >= 15 is 0 Å². The monoisotopic (exact) mass is 240 g/mol. The van der Waals surface area contributed by atoms with E-state index in [1.54, 1.807) is 12.1 Å². The molecule has 0 fully saturated rings. The maximum atomic E-state index is 10.8. The minimum absolute atomic E-state index is 0.458. The molecule has 0 unspecified atom stereocenters. The molecule has 0 aliphatic rings. The van der Waals surface area contributed by atoms with Gasteiger partial charge in [-0.25, -0.2) is 0 Å². The van der Waals surface area contributed by atoms with Crippen LogP contribution in [0.25, 0.3) is 10.8 Å². The van der Waals surface area contributed by atoms with Crippen LogP contribution < -0.4 is 0 Å². The lowest BCUT2D eigenvalue weighted by atomic mass is 10.1. The zero-order valence-corrected chi connectivity index (χ0v) is 9.25. The topological polar surface area (TPSA) is 54.4 Å². The number of rotatable bonds is 2. The number of hydrogen-bond acceptors (Lipinski definition) is 3. The molecule has 5 heteroatoms. The molecule has 0 spiro atoms. The molecule has 2 rings (SSSR count). The molecule has 3 nitrogen and oxygen atoms in total. The first-order valence-corrected chi connectivity index (χ1v) is 6.98.